The van der Waals surface area contributed by atoms with Crippen LogP contribution in [0, 0.1) is 6.92 Å². The van der Waals surface area contributed by atoms with Crippen LogP contribution in [0.25, 0.3) is 0 Å². The molecule has 0 spiro atoms. The van der Waals surface area contributed by atoms with Crippen LogP contribution in [0.2, 0.25) is 0 Å². The van der Waals surface area contributed by atoms with Gasteiger partial charge in [-0.3, -0.25) is 0 Å². The van der Waals surface area contributed by atoms with Crippen molar-refractivity contribution in [2.45, 2.75) is 0 Å². The van der Waals surface area contributed by atoms with Crippen molar-refractivity contribution in [2.75, 3.05) is 6.61 Å². The molecule has 3 heteroatoms. The molecule has 0 unspecified atom stereocenters. The van der Waals surface area contributed by atoms with E-state index in [1.807, 2.05) is 0 Å². The SMILES string of the molecule is [CH2-]COCl.[Y]. The summed E-state index contributed by atoms with van der Waals surface area (Å²) < 4.78 is 3.90. The molecule has 0 saturated heterocycles. The second-order valence-electron chi connectivity index (χ2n) is 0.313. The average Bonchev–Trinajstić information content (AvgIpc) is 1.37. The minimum Gasteiger partial charge on any atom is -0.316 e. The van der Waals surface area contributed by atoms with E-state index in [0.717, 1.165) is 0 Å². The Morgan fingerprint density at radius 2 is 2.00 bits per heavy atom. The first-order valence-electron chi connectivity index (χ1n) is 0.943. The molecule has 0 saturated carbocycles. The molecule has 0 aliphatic heterocycles. The van der Waals surface area contributed by atoms with Gasteiger partial charge < -0.3 is 11.2 Å². The molecule has 29 valence electrons. The van der Waals surface area contributed by atoms with Gasteiger partial charge in [-0.15, -0.1) is 0 Å². The molecule has 1 radical (unpaired) electrons. The second-order valence-corrected chi connectivity index (χ2v) is 0.531. The van der Waals surface area contributed by atoms with Crippen LogP contribution in [0.5, 0.6) is 0 Å². The van der Waals surface area contributed by atoms with Crippen LogP contribution in [0.3, 0.4) is 0 Å². The zero-order valence-electron chi connectivity index (χ0n) is 2.78. The van der Waals surface area contributed by atoms with Gasteiger partial charge in [-0.2, -0.15) is 0 Å². The summed E-state index contributed by atoms with van der Waals surface area (Å²) in [6.07, 6.45) is 0. The van der Waals surface area contributed by atoms with Gasteiger partial charge in [-0.25, -0.2) is 0 Å². The molecule has 0 aliphatic carbocycles. The van der Waals surface area contributed by atoms with Gasteiger partial charge in [0, 0.05) is 32.7 Å². The third kappa shape index (κ3) is 10.9. The van der Waals surface area contributed by atoms with E-state index in [0.29, 0.717) is 6.61 Å². The van der Waals surface area contributed by atoms with Crippen LogP contribution in [0.1, 0.15) is 0 Å². The average molecular weight is 168 g/mol. The molecule has 0 bridgehead atoms. The van der Waals surface area contributed by atoms with Crippen LogP contribution in [-0.2, 0) is 37.0 Å². The predicted molar refractivity (Wildman–Crippen MR) is 17.2 cm³/mol. The first kappa shape index (κ1) is 9.61. The number of hydrogen-bond donors (Lipinski definition) is 0. The summed E-state index contributed by atoms with van der Waals surface area (Å²) in [5.74, 6) is 0. The van der Waals surface area contributed by atoms with E-state index in [2.05, 4.69) is 23.1 Å². The predicted octanol–water partition coefficient (Wildman–Crippen LogP) is 0.988. The standard InChI is InChI=1S/C2H4ClO.Y/c1-2-4-3;/h1-2H2;/q-1;. The maximum atomic E-state index is 4.62. The van der Waals surface area contributed by atoms with E-state index in [-0.39, 0.29) is 32.7 Å². The maximum Gasteiger partial charge on any atom is 0.0581 e. The summed E-state index contributed by atoms with van der Waals surface area (Å²) in [5.41, 5.74) is 0. The largest absolute Gasteiger partial charge is 0.316 e. The van der Waals surface area contributed by atoms with E-state index >= 15 is 0 Å². The van der Waals surface area contributed by atoms with Gasteiger partial charge in [0.05, 0.1) is 11.9 Å². The molecule has 0 aromatic rings. The summed E-state index contributed by atoms with van der Waals surface area (Å²) in [6, 6.07) is 0. The van der Waals surface area contributed by atoms with E-state index in [1.165, 1.54) is 0 Å². The summed E-state index contributed by atoms with van der Waals surface area (Å²) in [4.78, 5) is 0. The van der Waals surface area contributed by atoms with Gasteiger partial charge >= 0.3 is 0 Å². The summed E-state index contributed by atoms with van der Waals surface area (Å²) in [5, 5.41) is 0. The van der Waals surface area contributed by atoms with Crippen LogP contribution < -0.4 is 0 Å². The van der Waals surface area contributed by atoms with Gasteiger partial charge in [0.2, 0.25) is 0 Å². The monoisotopic (exact) mass is 168 g/mol. The minimum absolute atomic E-state index is 0. The Bertz CT molecular complexity index is 11.6. The molecule has 0 heterocycles. The van der Waals surface area contributed by atoms with Crippen molar-refractivity contribution in [3.8, 4) is 0 Å². The first-order chi connectivity index (χ1) is 1.91. The van der Waals surface area contributed by atoms with Gasteiger partial charge in [-0.05, 0) is 0 Å². The first-order valence-corrected chi connectivity index (χ1v) is 1.25. The van der Waals surface area contributed by atoms with Crippen LogP contribution in [0.4, 0.5) is 0 Å². The van der Waals surface area contributed by atoms with Crippen molar-refractivity contribution >= 4 is 11.9 Å². The molecule has 0 aromatic carbocycles. The smallest absolute Gasteiger partial charge is 0.0581 e. The van der Waals surface area contributed by atoms with Gasteiger partial charge in [-0.1, -0.05) is 6.61 Å². The van der Waals surface area contributed by atoms with Gasteiger partial charge in [0.25, 0.3) is 0 Å². The molecule has 0 atom stereocenters. The van der Waals surface area contributed by atoms with Crippen molar-refractivity contribution in [3.05, 3.63) is 6.92 Å². The number of rotatable bonds is 1. The quantitative estimate of drug-likeness (QED) is 0.531. The van der Waals surface area contributed by atoms with E-state index in [9.17, 15) is 0 Å². The van der Waals surface area contributed by atoms with Crippen LogP contribution in [0.15, 0.2) is 0 Å². The second kappa shape index (κ2) is 9.02. The molecule has 1 nitrogen and oxygen atoms in total. The molecule has 0 fully saturated rings. The Morgan fingerprint density at radius 3 is 2.00 bits per heavy atom. The summed E-state index contributed by atoms with van der Waals surface area (Å²) >= 11 is 4.62. The molecular formula is C2H4ClOY-. The van der Waals surface area contributed by atoms with Crippen molar-refractivity contribution < 1.29 is 37.0 Å². The number of hydrogen-bond acceptors (Lipinski definition) is 1. The molecule has 5 heavy (non-hydrogen) atoms. The van der Waals surface area contributed by atoms with E-state index in [1.54, 1.807) is 0 Å². The topological polar surface area (TPSA) is 9.23 Å². The zero-order chi connectivity index (χ0) is 3.41. The van der Waals surface area contributed by atoms with Crippen LogP contribution in [-0.4, -0.2) is 6.61 Å². The Labute approximate surface area is 62.1 Å². The molecule has 0 amide bonds. The summed E-state index contributed by atoms with van der Waals surface area (Å²) in [6.45, 7) is 3.58. The van der Waals surface area contributed by atoms with Gasteiger partial charge in [0.15, 0.2) is 0 Å². The third-order valence-electron chi connectivity index (χ3n) is 0.0772. The van der Waals surface area contributed by atoms with Crippen LogP contribution >= 0.6 is 11.9 Å². The molecular weight excluding hydrogens is 164 g/mol. The van der Waals surface area contributed by atoms with Crippen molar-refractivity contribution in [1.82, 2.24) is 0 Å². The summed E-state index contributed by atoms with van der Waals surface area (Å²) in [7, 11) is 0. The normalized spacial score (nSPS) is 6.00. The zero-order valence-corrected chi connectivity index (χ0v) is 6.37. The fourth-order valence-electron chi connectivity index (χ4n) is 0. The number of halogens is 1. The van der Waals surface area contributed by atoms with Crippen molar-refractivity contribution in [2.24, 2.45) is 0 Å². The Morgan fingerprint density at radius 1 is 1.80 bits per heavy atom. The Hall–Kier alpha value is 1.35. The Kier molecular flexibility index (Phi) is 17.3. The maximum absolute atomic E-state index is 4.62. The molecule has 0 N–H and O–H groups in total. The van der Waals surface area contributed by atoms with E-state index < -0.39 is 0 Å². The van der Waals surface area contributed by atoms with E-state index in [4.69, 9.17) is 0 Å². The molecule has 0 rings (SSSR count). The fraction of sp³-hybridized carbons (Fsp3) is 0.500. The Balaban J connectivity index is 0. The third-order valence-corrected chi connectivity index (χ3v) is 0.231. The van der Waals surface area contributed by atoms with Gasteiger partial charge in [0.1, 0.15) is 0 Å². The van der Waals surface area contributed by atoms with Crippen molar-refractivity contribution in [1.29, 1.82) is 0 Å². The minimum atomic E-state index is 0. The molecule has 0 aliphatic rings. The van der Waals surface area contributed by atoms with Crippen molar-refractivity contribution in [3.63, 3.8) is 0 Å². The fourth-order valence-corrected chi connectivity index (χ4v) is 0. The molecule has 0 aromatic heterocycles.